The molecule has 0 aliphatic rings. The number of hydrogen-bond donors (Lipinski definition) is 0. The molecule has 0 amide bonds. The predicted octanol–water partition coefficient (Wildman–Crippen LogP) is -1.28. The molecule has 0 fully saturated rings. The Kier molecular flexibility index (Phi) is 14.6. The fourth-order valence-electron chi connectivity index (χ4n) is 0. The Balaban J connectivity index is -0.000000143. The van der Waals surface area contributed by atoms with Gasteiger partial charge in [-0.15, -0.1) is 23.2 Å². The van der Waals surface area contributed by atoms with Gasteiger partial charge < -0.3 is 19.8 Å². The zero-order valence-electron chi connectivity index (χ0n) is 6.85. The van der Waals surface area contributed by atoms with Gasteiger partial charge in [-0.05, 0) is 13.8 Å². The average molecular weight is 279 g/mol. The second-order valence-electron chi connectivity index (χ2n) is 1.87. The molecule has 0 aromatic carbocycles. The molecule has 0 bridgehead atoms. The molecular weight excluding hydrogens is 271 g/mol. The van der Waals surface area contributed by atoms with Crippen molar-refractivity contribution in [3.05, 3.63) is 0 Å². The Morgan fingerprint density at radius 3 is 1.08 bits per heavy atom. The van der Waals surface area contributed by atoms with Crippen LogP contribution in [0.3, 0.4) is 0 Å². The molecule has 1 radical (unpaired) electrons. The van der Waals surface area contributed by atoms with E-state index in [2.05, 4.69) is 0 Å². The molecular formula is C6H8Cl2CuO4. The third-order valence-electron chi connectivity index (χ3n) is 0.650. The van der Waals surface area contributed by atoms with Gasteiger partial charge in [-0.3, -0.25) is 0 Å². The van der Waals surface area contributed by atoms with Crippen molar-refractivity contribution in [2.45, 2.75) is 24.6 Å². The van der Waals surface area contributed by atoms with E-state index in [1.165, 1.54) is 13.8 Å². The zero-order chi connectivity index (χ0) is 10.3. The van der Waals surface area contributed by atoms with Crippen molar-refractivity contribution in [2.24, 2.45) is 0 Å². The van der Waals surface area contributed by atoms with Crippen molar-refractivity contribution in [3.63, 3.8) is 0 Å². The van der Waals surface area contributed by atoms with E-state index in [0.29, 0.717) is 0 Å². The number of rotatable bonds is 2. The molecule has 0 saturated heterocycles. The molecule has 0 N–H and O–H groups in total. The van der Waals surface area contributed by atoms with Crippen LogP contribution in [-0.4, -0.2) is 22.7 Å². The van der Waals surface area contributed by atoms with E-state index >= 15 is 0 Å². The maximum Gasteiger partial charge on any atom is 2.00 e. The number of aliphatic carboxylic acids is 2. The summed E-state index contributed by atoms with van der Waals surface area (Å²) in [5.74, 6) is -2.45. The molecule has 0 aliphatic heterocycles. The Morgan fingerprint density at radius 2 is 1.08 bits per heavy atom. The van der Waals surface area contributed by atoms with Crippen LogP contribution >= 0.6 is 23.2 Å². The molecule has 0 rings (SSSR count). The van der Waals surface area contributed by atoms with Gasteiger partial charge in [0.2, 0.25) is 0 Å². The maximum atomic E-state index is 9.46. The summed E-state index contributed by atoms with van der Waals surface area (Å²) in [7, 11) is 0. The molecule has 0 aliphatic carbocycles. The second kappa shape index (κ2) is 10.1. The Labute approximate surface area is 96.7 Å². The zero-order valence-corrected chi connectivity index (χ0v) is 9.30. The molecule has 0 aromatic heterocycles. The van der Waals surface area contributed by atoms with Crippen LogP contribution in [-0.2, 0) is 26.7 Å². The van der Waals surface area contributed by atoms with E-state index in [0.717, 1.165) is 0 Å². The number of carboxylic acid groups (broad SMARTS) is 2. The molecule has 0 saturated carbocycles. The minimum absolute atomic E-state index is 0. The van der Waals surface area contributed by atoms with Crippen molar-refractivity contribution in [1.29, 1.82) is 0 Å². The van der Waals surface area contributed by atoms with Crippen LogP contribution in [0.15, 0.2) is 0 Å². The summed E-state index contributed by atoms with van der Waals surface area (Å²) in [4.78, 5) is 18.9. The van der Waals surface area contributed by atoms with Crippen LogP contribution in [0.4, 0.5) is 0 Å². The molecule has 2 atom stereocenters. The third kappa shape index (κ3) is 18.8. The summed E-state index contributed by atoms with van der Waals surface area (Å²) in [6, 6.07) is 0. The van der Waals surface area contributed by atoms with Crippen molar-refractivity contribution in [2.75, 3.05) is 0 Å². The molecule has 4 nitrogen and oxygen atoms in total. The van der Waals surface area contributed by atoms with Crippen LogP contribution in [0.5, 0.6) is 0 Å². The van der Waals surface area contributed by atoms with Gasteiger partial charge in [0, 0.05) is 0 Å². The van der Waals surface area contributed by atoms with E-state index in [1.54, 1.807) is 0 Å². The average Bonchev–Trinajstić information content (AvgIpc) is 1.88. The van der Waals surface area contributed by atoms with Gasteiger partial charge in [-0.2, -0.15) is 0 Å². The van der Waals surface area contributed by atoms with Crippen molar-refractivity contribution in [1.82, 2.24) is 0 Å². The number of hydrogen-bond acceptors (Lipinski definition) is 4. The number of carbonyl (C=O) groups excluding carboxylic acids is 2. The summed E-state index contributed by atoms with van der Waals surface area (Å²) in [6.45, 7) is 2.69. The SMILES string of the molecule is CC(Cl)C(=O)[O-].CC(Cl)C(=O)[O-].[Cu+2]. The molecule has 7 heteroatoms. The Morgan fingerprint density at radius 1 is 1.00 bits per heavy atom. The quantitative estimate of drug-likeness (QED) is 0.466. The number of halogens is 2. The maximum absolute atomic E-state index is 9.46. The first kappa shape index (κ1) is 18.8. The van der Waals surface area contributed by atoms with Crippen LogP contribution < -0.4 is 10.2 Å². The summed E-state index contributed by atoms with van der Waals surface area (Å²) in [5, 5.41) is 17.2. The third-order valence-corrected chi connectivity index (χ3v) is 1.01. The molecule has 0 aromatic rings. The Hall–Kier alpha value is 0.0395. The van der Waals surface area contributed by atoms with E-state index in [1.807, 2.05) is 0 Å². The standard InChI is InChI=1S/2C3H5ClO2.Cu/c2*1-2(4)3(5)6;/h2*2H,1H3,(H,5,6);/q;;+2/p-2. The number of alkyl halides is 2. The fraction of sp³-hybridized carbons (Fsp3) is 0.667. The van der Waals surface area contributed by atoms with Crippen LogP contribution in [0.2, 0.25) is 0 Å². The van der Waals surface area contributed by atoms with Crippen molar-refractivity contribution in [3.8, 4) is 0 Å². The molecule has 13 heavy (non-hydrogen) atoms. The normalized spacial score (nSPS) is 12.6. The van der Waals surface area contributed by atoms with Gasteiger partial charge in [0.1, 0.15) is 0 Å². The van der Waals surface area contributed by atoms with Crippen LogP contribution in [0, 0.1) is 0 Å². The predicted molar refractivity (Wildman–Crippen MR) is 40.6 cm³/mol. The van der Waals surface area contributed by atoms with Crippen molar-refractivity contribution < 1.29 is 36.9 Å². The monoisotopic (exact) mass is 277 g/mol. The van der Waals surface area contributed by atoms with Gasteiger partial charge in [0.05, 0.1) is 22.7 Å². The largest absolute Gasteiger partial charge is 2.00 e. The first-order valence-corrected chi connectivity index (χ1v) is 3.86. The van der Waals surface area contributed by atoms with Gasteiger partial charge in [-0.1, -0.05) is 0 Å². The summed E-state index contributed by atoms with van der Waals surface area (Å²) < 4.78 is 0. The molecule has 2 unspecified atom stereocenters. The number of carboxylic acids is 2. The molecule has 81 valence electrons. The first-order chi connectivity index (χ1) is 5.29. The van der Waals surface area contributed by atoms with E-state index in [-0.39, 0.29) is 17.1 Å². The second-order valence-corrected chi connectivity index (χ2v) is 3.18. The van der Waals surface area contributed by atoms with Gasteiger partial charge >= 0.3 is 17.1 Å². The summed E-state index contributed by atoms with van der Waals surface area (Å²) in [5.41, 5.74) is 0. The van der Waals surface area contributed by atoms with E-state index in [4.69, 9.17) is 23.2 Å². The minimum Gasteiger partial charge on any atom is -0.549 e. The molecule has 0 spiro atoms. The Bertz CT molecular complexity index is 143. The summed E-state index contributed by atoms with van der Waals surface area (Å²) >= 11 is 9.90. The van der Waals surface area contributed by atoms with E-state index < -0.39 is 22.7 Å². The van der Waals surface area contributed by atoms with Crippen LogP contribution in [0.25, 0.3) is 0 Å². The van der Waals surface area contributed by atoms with Gasteiger partial charge in [0.25, 0.3) is 0 Å². The smallest absolute Gasteiger partial charge is 0.549 e. The first-order valence-electron chi connectivity index (χ1n) is 2.98. The van der Waals surface area contributed by atoms with Crippen molar-refractivity contribution >= 4 is 35.1 Å². The van der Waals surface area contributed by atoms with E-state index in [9.17, 15) is 19.8 Å². The fourth-order valence-corrected chi connectivity index (χ4v) is 0. The summed E-state index contributed by atoms with van der Waals surface area (Å²) in [6.07, 6.45) is 0. The van der Waals surface area contributed by atoms with Gasteiger partial charge in [-0.25, -0.2) is 0 Å². The van der Waals surface area contributed by atoms with Gasteiger partial charge in [0.15, 0.2) is 0 Å². The molecule has 0 heterocycles. The topological polar surface area (TPSA) is 80.3 Å². The van der Waals surface area contributed by atoms with Crippen LogP contribution in [0.1, 0.15) is 13.8 Å². The minimum atomic E-state index is -1.23. The number of carbonyl (C=O) groups is 2.